The van der Waals surface area contributed by atoms with Gasteiger partial charge in [-0.05, 0) is 25.0 Å². The first kappa shape index (κ1) is 9.76. The van der Waals surface area contributed by atoms with Crippen LogP contribution in [0.2, 0.25) is 0 Å². The smallest absolute Gasteiger partial charge is 0.100 e. The van der Waals surface area contributed by atoms with Crippen molar-refractivity contribution in [3.8, 4) is 6.07 Å². The molecule has 1 rings (SSSR count). The summed E-state index contributed by atoms with van der Waals surface area (Å²) >= 11 is 0. The van der Waals surface area contributed by atoms with Crippen LogP contribution in [-0.2, 0) is 5.60 Å². The maximum Gasteiger partial charge on any atom is 0.100 e. The molecule has 68 valence electrons. The van der Waals surface area contributed by atoms with Gasteiger partial charge in [0.2, 0.25) is 0 Å². The van der Waals surface area contributed by atoms with Gasteiger partial charge in [-0.1, -0.05) is 24.3 Å². The molecule has 0 heterocycles. The Morgan fingerprint density at radius 2 is 2.08 bits per heavy atom. The molecule has 0 aliphatic heterocycles. The lowest BCUT2D eigenvalue weighted by Gasteiger charge is -2.22. The van der Waals surface area contributed by atoms with Gasteiger partial charge in [-0.3, -0.25) is 0 Å². The van der Waals surface area contributed by atoms with E-state index in [2.05, 4.69) is 0 Å². The minimum Gasteiger partial charge on any atom is -0.384 e. The number of hydrogen-bond donors (Lipinski definition) is 1. The molecule has 1 N–H and O–H groups in total. The van der Waals surface area contributed by atoms with E-state index in [1.165, 1.54) is 0 Å². The van der Waals surface area contributed by atoms with Crippen molar-refractivity contribution in [3.63, 3.8) is 0 Å². The Kier molecular flexibility index (Phi) is 2.69. The third-order valence-corrected chi connectivity index (χ3v) is 2.15. The first-order valence-electron chi connectivity index (χ1n) is 4.23. The summed E-state index contributed by atoms with van der Waals surface area (Å²) < 4.78 is 0. The number of benzene rings is 1. The van der Waals surface area contributed by atoms with Crippen molar-refractivity contribution in [1.29, 1.82) is 5.26 Å². The molecule has 13 heavy (non-hydrogen) atoms. The summed E-state index contributed by atoms with van der Waals surface area (Å²) in [6, 6.07) is 9.56. The highest BCUT2D eigenvalue weighted by Gasteiger charge is 2.23. The Bertz CT molecular complexity index is 336. The molecule has 0 fully saturated rings. The van der Waals surface area contributed by atoms with E-state index in [0.29, 0.717) is 0 Å². The molecule has 0 radical (unpaired) electrons. The molecule has 0 spiro atoms. The van der Waals surface area contributed by atoms with Gasteiger partial charge in [0.25, 0.3) is 0 Å². The van der Waals surface area contributed by atoms with E-state index in [1.807, 2.05) is 37.3 Å². The summed E-state index contributed by atoms with van der Waals surface area (Å²) in [7, 11) is 0. The fourth-order valence-electron chi connectivity index (χ4n) is 1.43. The predicted molar refractivity (Wildman–Crippen MR) is 51.0 cm³/mol. The Balaban J connectivity index is 3.08. The fourth-order valence-corrected chi connectivity index (χ4v) is 1.43. The van der Waals surface area contributed by atoms with Crippen LogP contribution >= 0.6 is 0 Å². The van der Waals surface area contributed by atoms with Gasteiger partial charge in [0.15, 0.2) is 0 Å². The summed E-state index contributed by atoms with van der Waals surface area (Å²) in [5.74, 6) is 0. The second kappa shape index (κ2) is 3.59. The monoisotopic (exact) mass is 175 g/mol. The number of nitrogens with zero attached hydrogens (tertiary/aromatic N) is 1. The number of rotatable bonds is 2. The first-order chi connectivity index (χ1) is 6.08. The highest BCUT2D eigenvalue weighted by Crippen LogP contribution is 2.26. The zero-order valence-electron chi connectivity index (χ0n) is 7.91. The third-order valence-electron chi connectivity index (χ3n) is 2.15. The van der Waals surface area contributed by atoms with Crippen molar-refractivity contribution in [2.75, 3.05) is 0 Å². The molecule has 0 bridgehead atoms. The Morgan fingerprint density at radius 3 is 2.62 bits per heavy atom. The van der Waals surface area contributed by atoms with Crippen LogP contribution in [0.4, 0.5) is 0 Å². The van der Waals surface area contributed by atoms with Crippen molar-refractivity contribution in [3.05, 3.63) is 35.4 Å². The summed E-state index contributed by atoms with van der Waals surface area (Å²) in [5.41, 5.74) is 0.819. The van der Waals surface area contributed by atoms with Gasteiger partial charge < -0.3 is 5.11 Å². The van der Waals surface area contributed by atoms with Crippen LogP contribution in [0.1, 0.15) is 24.5 Å². The predicted octanol–water partition coefficient (Wildman–Crippen LogP) is 2.12. The summed E-state index contributed by atoms with van der Waals surface area (Å²) in [6.07, 6.45) is 0.123. The quantitative estimate of drug-likeness (QED) is 0.748. The second-order valence-corrected chi connectivity index (χ2v) is 3.42. The highest BCUT2D eigenvalue weighted by molar-refractivity contribution is 5.31. The zero-order chi connectivity index (χ0) is 9.90. The van der Waals surface area contributed by atoms with Gasteiger partial charge in [-0.15, -0.1) is 0 Å². The summed E-state index contributed by atoms with van der Waals surface area (Å²) in [6.45, 7) is 3.60. The molecule has 1 aromatic carbocycles. The van der Waals surface area contributed by atoms with Crippen LogP contribution in [0, 0.1) is 18.3 Å². The lowest BCUT2D eigenvalue weighted by molar-refractivity contribution is 0.0618. The topological polar surface area (TPSA) is 44.0 Å². The zero-order valence-corrected chi connectivity index (χ0v) is 7.91. The number of nitriles is 1. The largest absolute Gasteiger partial charge is 0.384 e. The normalized spacial score (nSPS) is 14.6. The Hall–Kier alpha value is -1.33. The van der Waals surface area contributed by atoms with E-state index in [1.54, 1.807) is 6.92 Å². The van der Waals surface area contributed by atoms with Crippen LogP contribution in [0.25, 0.3) is 0 Å². The highest BCUT2D eigenvalue weighted by atomic mass is 16.3. The van der Waals surface area contributed by atoms with E-state index in [9.17, 15) is 5.11 Å². The molecule has 0 aliphatic rings. The average molecular weight is 175 g/mol. The lowest BCUT2D eigenvalue weighted by Crippen LogP contribution is -2.21. The first-order valence-corrected chi connectivity index (χ1v) is 4.23. The van der Waals surface area contributed by atoms with Crippen molar-refractivity contribution in [2.24, 2.45) is 0 Å². The van der Waals surface area contributed by atoms with E-state index in [-0.39, 0.29) is 6.42 Å². The molecule has 0 saturated heterocycles. The van der Waals surface area contributed by atoms with Gasteiger partial charge in [-0.25, -0.2) is 0 Å². The average Bonchev–Trinajstić information content (AvgIpc) is 2.04. The molecule has 0 amide bonds. The molecule has 0 aromatic heterocycles. The SMILES string of the molecule is Cc1ccccc1C(C)(O)CC#N. The maximum atomic E-state index is 9.94. The number of aryl methyl sites for hydroxylation is 1. The molecule has 2 heteroatoms. The van der Waals surface area contributed by atoms with Gasteiger partial charge in [0, 0.05) is 0 Å². The van der Waals surface area contributed by atoms with Crippen LogP contribution < -0.4 is 0 Å². The molecular formula is C11H13NO. The summed E-state index contributed by atoms with van der Waals surface area (Å²) in [4.78, 5) is 0. The molecule has 2 nitrogen and oxygen atoms in total. The van der Waals surface area contributed by atoms with Crippen molar-refractivity contribution >= 4 is 0 Å². The van der Waals surface area contributed by atoms with Crippen molar-refractivity contribution in [2.45, 2.75) is 25.9 Å². The lowest BCUT2D eigenvalue weighted by atomic mass is 9.90. The summed E-state index contributed by atoms with van der Waals surface area (Å²) in [5, 5.41) is 18.5. The minimum atomic E-state index is -1.03. The Morgan fingerprint density at radius 1 is 1.46 bits per heavy atom. The van der Waals surface area contributed by atoms with Crippen LogP contribution in [-0.4, -0.2) is 5.11 Å². The van der Waals surface area contributed by atoms with Crippen LogP contribution in [0.5, 0.6) is 0 Å². The van der Waals surface area contributed by atoms with E-state index in [0.717, 1.165) is 11.1 Å². The molecule has 1 atom stereocenters. The van der Waals surface area contributed by atoms with Gasteiger partial charge in [0.1, 0.15) is 5.60 Å². The van der Waals surface area contributed by atoms with Crippen LogP contribution in [0.3, 0.4) is 0 Å². The van der Waals surface area contributed by atoms with Gasteiger partial charge >= 0.3 is 0 Å². The molecule has 1 aromatic rings. The van der Waals surface area contributed by atoms with E-state index in [4.69, 9.17) is 5.26 Å². The molecule has 0 aliphatic carbocycles. The number of hydrogen-bond acceptors (Lipinski definition) is 2. The fraction of sp³-hybridized carbons (Fsp3) is 0.364. The molecular weight excluding hydrogens is 162 g/mol. The minimum absolute atomic E-state index is 0.123. The van der Waals surface area contributed by atoms with Crippen molar-refractivity contribution < 1.29 is 5.11 Å². The maximum absolute atomic E-state index is 9.94. The molecule has 1 unspecified atom stereocenters. The molecule has 0 saturated carbocycles. The standard InChI is InChI=1S/C11H13NO/c1-9-5-3-4-6-10(9)11(2,13)7-8-12/h3-6,13H,7H2,1-2H3. The van der Waals surface area contributed by atoms with E-state index < -0.39 is 5.60 Å². The van der Waals surface area contributed by atoms with Crippen LogP contribution in [0.15, 0.2) is 24.3 Å². The van der Waals surface area contributed by atoms with Gasteiger partial charge in [0.05, 0.1) is 12.5 Å². The Labute approximate surface area is 78.4 Å². The third kappa shape index (κ3) is 2.07. The van der Waals surface area contributed by atoms with E-state index >= 15 is 0 Å². The second-order valence-electron chi connectivity index (χ2n) is 3.42. The number of aliphatic hydroxyl groups is 1. The van der Waals surface area contributed by atoms with Gasteiger partial charge in [-0.2, -0.15) is 5.26 Å². The van der Waals surface area contributed by atoms with Crippen molar-refractivity contribution in [1.82, 2.24) is 0 Å².